The topological polar surface area (TPSA) is 87.2 Å². The summed E-state index contributed by atoms with van der Waals surface area (Å²) in [4.78, 5) is 25.4. The number of nitriles is 1. The quantitative estimate of drug-likeness (QED) is 0.415. The average molecular weight is 369 g/mol. The summed E-state index contributed by atoms with van der Waals surface area (Å²) in [5.74, 6) is 0.249. The van der Waals surface area contributed by atoms with Gasteiger partial charge in [0.25, 0.3) is 5.69 Å². The smallest absolute Gasteiger partial charge is 0.269 e. The van der Waals surface area contributed by atoms with Gasteiger partial charge in [0.05, 0.1) is 28.4 Å². The summed E-state index contributed by atoms with van der Waals surface area (Å²) in [6.07, 6.45) is 0. The highest BCUT2D eigenvalue weighted by Crippen LogP contribution is 2.25. The van der Waals surface area contributed by atoms with Gasteiger partial charge < -0.3 is 4.90 Å². The molecule has 7 heteroatoms. The fourth-order valence-electron chi connectivity index (χ4n) is 2.57. The van der Waals surface area contributed by atoms with E-state index in [2.05, 4.69) is 6.07 Å². The van der Waals surface area contributed by atoms with Gasteiger partial charge in [0.15, 0.2) is 0 Å². The van der Waals surface area contributed by atoms with Crippen molar-refractivity contribution in [2.45, 2.75) is 24.8 Å². The van der Waals surface area contributed by atoms with Gasteiger partial charge in [0.2, 0.25) is 5.91 Å². The molecule has 0 saturated heterocycles. The molecular weight excluding hydrogens is 350 g/mol. The molecule has 0 saturated carbocycles. The molecule has 26 heavy (non-hydrogen) atoms. The molecule has 0 radical (unpaired) electrons. The van der Waals surface area contributed by atoms with Crippen LogP contribution >= 0.6 is 11.8 Å². The van der Waals surface area contributed by atoms with Crippen molar-refractivity contribution in [2.75, 3.05) is 12.3 Å². The van der Waals surface area contributed by atoms with Crippen molar-refractivity contribution in [3.8, 4) is 6.07 Å². The van der Waals surface area contributed by atoms with E-state index in [4.69, 9.17) is 5.26 Å². The average Bonchev–Trinajstić information content (AvgIpc) is 2.67. The van der Waals surface area contributed by atoms with E-state index >= 15 is 0 Å². The third-order valence-electron chi connectivity index (χ3n) is 4.06. The van der Waals surface area contributed by atoms with Crippen molar-refractivity contribution in [1.29, 1.82) is 5.26 Å². The number of amides is 1. The van der Waals surface area contributed by atoms with Crippen LogP contribution in [0.1, 0.15) is 31.0 Å². The Labute approximate surface area is 156 Å². The second kappa shape index (κ2) is 9.02. The van der Waals surface area contributed by atoms with Gasteiger partial charge in [0, 0.05) is 23.6 Å². The minimum atomic E-state index is -0.447. The van der Waals surface area contributed by atoms with Crippen LogP contribution in [0.3, 0.4) is 0 Å². The van der Waals surface area contributed by atoms with Crippen LogP contribution in [-0.2, 0) is 4.79 Å². The highest BCUT2D eigenvalue weighted by atomic mass is 32.2. The standard InChI is InChI=1S/C19H19N3O3S/c1-3-21(14(2)16-6-4-15(12-20)5-7-16)19(23)13-26-18-10-8-17(9-11-18)22(24)25/h4-11,14H,3,13H2,1-2H3. The second-order valence-corrected chi connectivity index (χ2v) is 6.68. The summed E-state index contributed by atoms with van der Waals surface area (Å²) < 4.78 is 0. The normalized spacial score (nSPS) is 11.4. The Bertz CT molecular complexity index is 813. The Morgan fingerprint density at radius 1 is 1.23 bits per heavy atom. The number of rotatable bonds is 7. The first-order valence-corrected chi connectivity index (χ1v) is 9.11. The fourth-order valence-corrected chi connectivity index (χ4v) is 3.36. The summed E-state index contributed by atoms with van der Waals surface area (Å²) in [5.41, 5.74) is 1.59. The van der Waals surface area contributed by atoms with Crippen molar-refractivity contribution < 1.29 is 9.72 Å². The van der Waals surface area contributed by atoms with Crippen LogP contribution in [0.25, 0.3) is 0 Å². The predicted octanol–water partition coefficient (Wildman–Crippen LogP) is 4.17. The molecule has 6 nitrogen and oxygen atoms in total. The second-order valence-electron chi connectivity index (χ2n) is 5.63. The van der Waals surface area contributed by atoms with E-state index in [1.807, 2.05) is 26.0 Å². The van der Waals surface area contributed by atoms with Crippen LogP contribution in [0, 0.1) is 21.4 Å². The van der Waals surface area contributed by atoms with Crippen LogP contribution in [0.2, 0.25) is 0 Å². The van der Waals surface area contributed by atoms with Crippen LogP contribution in [-0.4, -0.2) is 28.0 Å². The molecular formula is C19H19N3O3S. The van der Waals surface area contributed by atoms with E-state index in [1.54, 1.807) is 29.2 Å². The lowest BCUT2D eigenvalue weighted by Gasteiger charge is -2.28. The molecule has 0 N–H and O–H groups in total. The molecule has 2 aromatic rings. The third kappa shape index (κ3) is 4.83. The monoisotopic (exact) mass is 369 g/mol. The van der Waals surface area contributed by atoms with Crippen LogP contribution in [0.15, 0.2) is 53.4 Å². The van der Waals surface area contributed by atoms with Crippen molar-refractivity contribution in [2.24, 2.45) is 0 Å². The molecule has 0 aromatic heterocycles. The van der Waals surface area contributed by atoms with Crippen LogP contribution in [0.4, 0.5) is 5.69 Å². The number of carbonyl (C=O) groups excluding carboxylic acids is 1. The lowest BCUT2D eigenvalue weighted by Crippen LogP contribution is -2.34. The summed E-state index contributed by atoms with van der Waals surface area (Å²) in [7, 11) is 0. The molecule has 1 unspecified atom stereocenters. The minimum Gasteiger partial charge on any atom is -0.335 e. The molecule has 0 fully saturated rings. The fraction of sp³-hybridized carbons (Fsp3) is 0.263. The lowest BCUT2D eigenvalue weighted by atomic mass is 10.1. The molecule has 134 valence electrons. The zero-order chi connectivity index (χ0) is 19.1. The Morgan fingerprint density at radius 3 is 2.35 bits per heavy atom. The lowest BCUT2D eigenvalue weighted by molar-refractivity contribution is -0.384. The summed E-state index contributed by atoms with van der Waals surface area (Å²) >= 11 is 1.35. The van der Waals surface area contributed by atoms with E-state index in [1.165, 1.54) is 23.9 Å². The maximum Gasteiger partial charge on any atom is 0.269 e. The zero-order valence-electron chi connectivity index (χ0n) is 14.6. The SMILES string of the molecule is CCN(C(=O)CSc1ccc([N+](=O)[O-])cc1)C(C)c1ccc(C#N)cc1. The summed E-state index contributed by atoms with van der Waals surface area (Å²) in [6, 6.07) is 15.4. The Morgan fingerprint density at radius 2 is 1.85 bits per heavy atom. The van der Waals surface area contributed by atoms with Crippen molar-refractivity contribution in [1.82, 2.24) is 4.90 Å². The van der Waals surface area contributed by atoms with Gasteiger partial charge in [-0.05, 0) is 43.7 Å². The van der Waals surface area contributed by atoms with Crippen LogP contribution in [0.5, 0.6) is 0 Å². The molecule has 0 aliphatic heterocycles. The number of nitro groups is 1. The van der Waals surface area contributed by atoms with Gasteiger partial charge in [-0.25, -0.2) is 0 Å². The highest BCUT2D eigenvalue weighted by Gasteiger charge is 2.20. The largest absolute Gasteiger partial charge is 0.335 e. The molecule has 0 spiro atoms. The van der Waals surface area contributed by atoms with Crippen LogP contribution < -0.4 is 0 Å². The maximum absolute atomic E-state index is 12.6. The van der Waals surface area contributed by atoms with E-state index < -0.39 is 4.92 Å². The maximum atomic E-state index is 12.6. The third-order valence-corrected chi connectivity index (χ3v) is 5.06. The molecule has 0 aliphatic rings. The van der Waals surface area contributed by atoms with Gasteiger partial charge in [-0.3, -0.25) is 14.9 Å². The van der Waals surface area contributed by atoms with Gasteiger partial charge in [-0.2, -0.15) is 5.26 Å². The number of non-ortho nitro benzene ring substituents is 1. The number of hydrogen-bond acceptors (Lipinski definition) is 5. The summed E-state index contributed by atoms with van der Waals surface area (Å²) in [6.45, 7) is 4.45. The number of benzene rings is 2. The first kappa shape index (κ1) is 19.5. The summed E-state index contributed by atoms with van der Waals surface area (Å²) in [5, 5.41) is 19.6. The number of nitro benzene ring substituents is 1. The highest BCUT2D eigenvalue weighted by molar-refractivity contribution is 8.00. The van der Waals surface area contributed by atoms with Crippen molar-refractivity contribution in [3.05, 3.63) is 69.8 Å². The molecule has 1 amide bonds. The van der Waals surface area contributed by atoms with E-state index in [9.17, 15) is 14.9 Å². The van der Waals surface area contributed by atoms with Gasteiger partial charge in [-0.15, -0.1) is 11.8 Å². The van der Waals surface area contributed by atoms with E-state index in [0.717, 1.165) is 10.5 Å². The number of hydrogen-bond donors (Lipinski definition) is 0. The predicted molar refractivity (Wildman–Crippen MR) is 101 cm³/mol. The Hall–Kier alpha value is -2.85. The molecule has 0 aliphatic carbocycles. The number of nitrogens with zero attached hydrogens (tertiary/aromatic N) is 3. The first-order chi connectivity index (χ1) is 12.5. The van der Waals surface area contributed by atoms with Gasteiger partial charge in [0.1, 0.15) is 0 Å². The van der Waals surface area contributed by atoms with Crippen molar-refractivity contribution in [3.63, 3.8) is 0 Å². The molecule has 2 aromatic carbocycles. The first-order valence-electron chi connectivity index (χ1n) is 8.13. The zero-order valence-corrected chi connectivity index (χ0v) is 15.4. The minimum absolute atomic E-state index is 0.00675. The van der Waals surface area contributed by atoms with E-state index in [-0.39, 0.29) is 23.4 Å². The molecule has 0 heterocycles. The van der Waals surface area contributed by atoms with Gasteiger partial charge >= 0.3 is 0 Å². The van der Waals surface area contributed by atoms with E-state index in [0.29, 0.717) is 12.1 Å². The van der Waals surface area contributed by atoms with Crippen molar-refractivity contribution >= 4 is 23.4 Å². The molecule has 1 atom stereocenters. The Kier molecular flexibility index (Phi) is 6.75. The molecule has 0 bridgehead atoms. The number of thioether (sulfide) groups is 1. The Balaban J connectivity index is 2.00. The molecule has 2 rings (SSSR count). The van der Waals surface area contributed by atoms with Gasteiger partial charge in [-0.1, -0.05) is 12.1 Å². The number of carbonyl (C=O) groups is 1.